The molecule has 6 nitrogen and oxygen atoms in total. The Balaban J connectivity index is 2.29. The van der Waals surface area contributed by atoms with Crippen LogP contribution in [0.1, 0.15) is 45.1 Å². The lowest BCUT2D eigenvalue weighted by Gasteiger charge is -2.30. The number of hydrogen-bond donors (Lipinski definition) is 1. The Kier molecular flexibility index (Phi) is 6.99. The van der Waals surface area contributed by atoms with E-state index >= 15 is 0 Å². The Labute approximate surface area is 145 Å². The number of aliphatic hydroxyl groups is 1. The highest BCUT2D eigenvalue weighted by atomic mass is 16.5. The number of rotatable bonds is 9. The molecular weight excluding hydrogens is 304 g/mol. The molecule has 1 aromatic rings. The SMILES string of the molecule is C=CN(c1ncnc(N(CCC)CCC)c1C)C1CCC(CO)O1. The predicted molar refractivity (Wildman–Crippen MR) is 97.2 cm³/mol. The summed E-state index contributed by atoms with van der Waals surface area (Å²) in [4.78, 5) is 13.3. The normalized spacial score (nSPS) is 20.2. The molecule has 0 bridgehead atoms. The molecule has 0 spiro atoms. The van der Waals surface area contributed by atoms with Crippen LogP contribution in [0, 0.1) is 6.92 Å². The number of aromatic nitrogens is 2. The first-order valence-corrected chi connectivity index (χ1v) is 8.89. The van der Waals surface area contributed by atoms with E-state index in [9.17, 15) is 5.11 Å². The van der Waals surface area contributed by atoms with Crippen molar-refractivity contribution >= 4 is 11.6 Å². The molecule has 2 unspecified atom stereocenters. The zero-order valence-corrected chi connectivity index (χ0v) is 15.1. The average Bonchev–Trinajstić information content (AvgIpc) is 3.06. The Morgan fingerprint density at radius 1 is 1.25 bits per heavy atom. The van der Waals surface area contributed by atoms with Crippen LogP contribution in [-0.2, 0) is 4.74 Å². The van der Waals surface area contributed by atoms with Crippen LogP contribution in [-0.4, -0.2) is 47.1 Å². The lowest BCUT2D eigenvalue weighted by atomic mass is 10.2. The second-order valence-electron chi connectivity index (χ2n) is 6.20. The fraction of sp³-hybridized carbons (Fsp3) is 0.667. The zero-order valence-electron chi connectivity index (χ0n) is 15.1. The summed E-state index contributed by atoms with van der Waals surface area (Å²) >= 11 is 0. The molecule has 2 heterocycles. The Morgan fingerprint density at radius 2 is 1.92 bits per heavy atom. The molecule has 2 atom stereocenters. The molecule has 134 valence electrons. The quantitative estimate of drug-likeness (QED) is 0.749. The number of aliphatic hydroxyl groups excluding tert-OH is 1. The molecular formula is C18H30N4O2. The molecule has 1 fully saturated rings. The van der Waals surface area contributed by atoms with Gasteiger partial charge in [0, 0.05) is 24.9 Å². The first-order valence-electron chi connectivity index (χ1n) is 8.89. The Morgan fingerprint density at radius 3 is 2.46 bits per heavy atom. The summed E-state index contributed by atoms with van der Waals surface area (Å²) in [6, 6.07) is 0. The van der Waals surface area contributed by atoms with Crippen molar-refractivity contribution < 1.29 is 9.84 Å². The van der Waals surface area contributed by atoms with Gasteiger partial charge in [0.05, 0.1) is 12.7 Å². The van der Waals surface area contributed by atoms with Crippen LogP contribution >= 0.6 is 0 Å². The maximum atomic E-state index is 9.30. The van der Waals surface area contributed by atoms with Gasteiger partial charge in [0.1, 0.15) is 24.2 Å². The van der Waals surface area contributed by atoms with Gasteiger partial charge in [0.2, 0.25) is 0 Å². The van der Waals surface area contributed by atoms with Crippen LogP contribution in [0.3, 0.4) is 0 Å². The topological polar surface area (TPSA) is 61.7 Å². The third-order valence-electron chi connectivity index (χ3n) is 4.36. The largest absolute Gasteiger partial charge is 0.394 e. The minimum atomic E-state index is -0.132. The summed E-state index contributed by atoms with van der Waals surface area (Å²) in [5, 5.41) is 9.30. The van der Waals surface area contributed by atoms with Crippen molar-refractivity contribution in [2.24, 2.45) is 0 Å². The van der Waals surface area contributed by atoms with E-state index in [0.29, 0.717) is 0 Å². The molecule has 0 radical (unpaired) electrons. The van der Waals surface area contributed by atoms with E-state index in [1.165, 1.54) is 0 Å². The third-order valence-corrected chi connectivity index (χ3v) is 4.36. The highest BCUT2D eigenvalue weighted by molar-refractivity contribution is 5.60. The van der Waals surface area contributed by atoms with Crippen molar-refractivity contribution in [1.82, 2.24) is 9.97 Å². The number of anilines is 2. The van der Waals surface area contributed by atoms with E-state index in [2.05, 4.69) is 42.2 Å². The zero-order chi connectivity index (χ0) is 17.5. The maximum Gasteiger partial charge on any atom is 0.143 e. The molecule has 1 saturated heterocycles. The minimum Gasteiger partial charge on any atom is -0.394 e. The molecule has 2 rings (SSSR count). The van der Waals surface area contributed by atoms with Gasteiger partial charge in [0.25, 0.3) is 0 Å². The average molecular weight is 334 g/mol. The van der Waals surface area contributed by atoms with Crippen molar-refractivity contribution in [3.05, 3.63) is 24.7 Å². The van der Waals surface area contributed by atoms with Crippen molar-refractivity contribution in [3.63, 3.8) is 0 Å². The number of nitrogens with zero attached hydrogens (tertiary/aromatic N) is 4. The van der Waals surface area contributed by atoms with Crippen molar-refractivity contribution in [1.29, 1.82) is 0 Å². The van der Waals surface area contributed by atoms with Crippen LogP contribution in [0.4, 0.5) is 11.6 Å². The monoisotopic (exact) mass is 334 g/mol. The molecule has 0 saturated carbocycles. The van der Waals surface area contributed by atoms with Gasteiger partial charge >= 0.3 is 0 Å². The van der Waals surface area contributed by atoms with E-state index in [0.717, 1.165) is 56.0 Å². The molecule has 1 N–H and O–H groups in total. The van der Waals surface area contributed by atoms with E-state index in [4.69, 9.17) is 4.74 Å². The second-order valence-corrected chi connectivity index (χ2v) is 6.20. The molecule has 0 amide bonds. The van der Waals surface area contributed by atoms with E-state index in [1.807, 2.05) is 4.90 Å². The summed E-state index contributed by atoms with van der Waals surface area (Å²) in [5.74, 6) is 1.81. The third kappa shape index (κ3) is 4.05. The molecule has 6 heteroatoms. The highest BCUT2D eigenvalue weighted by Crippen LogP contribution is 2.31. The van der Waals surface area contributed by atoms with Crippen molar-refractivity contribution in [3.8, 4) is 0 Å². The summed E-state index contributed by atoms with van der Waals surface area (Å²) in [5.41, 5.74) is 1.04. The molecule has 1 aliphatic rings. The molecule has 0 aromatic carbocycles. The summed E-state index contributed by atoms with van der Waals surface area (Å²) in [6.07, 6.45) is 6.99. The highest BCUT2D eigenvalue weighted by Gasteiger charge is 2.30. The van der Waals surface area contributed by atoms with Crippen LogP contribution in [0.15, 0.2) is 19.1 Å². The Bertz CT molecular complexity index is 532. The van der Waals surface area contributed by atoms with Gasteiger partial charge in [0.15, 0.2) is 0 Å². The van der Waals surface area contributed by atoms with E-state index in [-0.39, 0.29) is 18.9 Å². The standard InChI is InChI=1S/C18H30N4O2/c1-5-10-21(11-6-2)17-14(4)18(20-13-19-17)22(7-3)16-9-8-15(12-23)24-16/h7,13,15-16,23H,3,5-6,8-12H2,1-2,4H3. The van der Waals surface area contributed by atoms with Gasteiger partial charge < -0.3 is 19.6 Å². The van der Waals surface area contributed by atoms with Gasteiger partial charge in [-0.25, -0.2) is 9.97 Å². The maximum absolute atomic E-state index is 9.30. The fourth-order valence-electron chi connectivity index (χ4n) is 3.24. The van der Waals surface area contributed by atoms with Crippen molar-refractivity contribution in [2.45, 2.75) is 58.8 Å². The van der Waals surface area contributed by atoms with Gasteiger partial charge in [-0.3, -0.25) is 0 Å². The molecule has 24 heavy (non-hydrogen) atoms. The van der Waals surface area contributed by atoms with Crippen LogP contribution in [0.5, 0.6) is 0 Å². The lowest BCUT2D eigenvalue weighted by Crippen LogP contribution is -2.33. The molecule has 1 aromatic heterocycles. The first kappa shape index (κ1) is 18.7. The lowest BCUT2D eigenvalue weighted by molar-refractivity contribution is 0.0141. The van der Waals surface area contributed by atoms with Gasteiger partial charge in [-0.1, -0.05) is 20.4 Å². The van der Waals surface area contributed by atoms with Gasteiger partial charge in [-0.15, -0.1) is 0 Å². The first-order chi connectivity index (χ1) is 11.7. The summed E-state index contributed by atoms with van der Waals surface area (Å²) < 4.78 is 5.90. The fourth-order valence-corrected chi connectivity index (χ4v) is 3.24. The molecule has 1 aliphatic heterocycles. The van der Waals surface area contributed by atoms with Crippen LogP contribution in [0.25, 0.3) is 0 Å². The Hall–Kier alpha value is -1.66. The van der Waals surface area contributed by atoms with Crippen LogP contribution < -0.4 is 9.80 Å². The number of hydrogen-bond acceptors (Lipinski definition) is 6. The van der Waals surface area contributed by atoms with Crippen LogP contribution in [0.2, 0.25) is 0 Å². The second kappa shape index (κ2) is 8.99. The summed E-state index contributed by atoms with van der Waals surface area (Å²) in [6.45, 7) is 12.3. The van der Waals surface area contributed by atoms with E-state index < -0.39 is 0 Å². The van der Waals surface area contributed by atoms with E-state index in [1.54, 1.807) is 12.5 Å². The predicted octanol–water partition coefficient (Wildman–Crippen LogP) is 2.86. The molecule has 0 aliphatic carbocycles. The van der Waals surface area contributed by atoms with Crippen molar-refractivity contribution in [2.75, 3.05) is 29.5 Å². The minimum absolute atomic E-state index is 0.0519. The van der Waals surface area contributed by atoms with Gasteiger partial charge in [-0.05, 0) is 32.6 Å². The smallest absolute Gasteiger partial charge is 0.143 e. The summed E-state index contributed by atoms with van der Waals surface area (Å²) in [7, 11) is 0. The number of ether oxygens (including phenoxy) is 1. The van der Waals surface area contributed by atoms with Gasteiger partial charge in [-0.2, -0.15) is 0 Å².